The molecule has 1 amide bonds. The maximum Gasteiger partial charge on any atom is 0.573 e. The van der Waals surface area contributed by atoms with Crippen molar-refractivity contribution >= 4 is 17.3 Å². The molecule has 0 bridgehead atoms. The molecule has 0 aromatic heterocycles. The first-order chi connectivity index (χ1) is 15.0. The molecule has 0 unspecified atom stereocenters. The van der Waals surface area contributed by atoms with Crippen molar-refractivity contribution in [3.8, 4) is 5.75 Å². The smallest absolute Gasteiger partial charge is 0.406 e. The Hall–Kier alpha value is -3.48. The van der Waals surface area contributed by atoms with E-state index >= 15 is 0 Å². The quantitative estimate of drug-likeness (QED) is 0.444. The van der Waals surface area contributed by atoms with Crippen LogP contribution in [-0.2, 0) is 12.0 Å². The largest absolute Gasteiger partial charge is 0.573 e. The standard InChI is InChI=1S/C25H25F3N2O2/c1-24(2,3)19-8-4-17(5-9-19)16-29-20-10-6-18(7-11-20)23(31)30-21-12-14-22(15-13-21)32-25(26,27)28/h4-15,29H,16H2,1-3H3,(H,30,31). The topological polar surface area (TPSA) is 50.4 Å². The van der Waals surface area contributed by atoms with Gasteiger partial charge in [0.1, 0.15) is 5.75 Å². The Kier molecular flexibility index (Phi) is 6.77. The van der Waals surface area contributed by atoms with Crippen LogP contribution in [-0.4, -0.2) is 12.3 Å². The van der Waals surface area contributed by atoms with Gasteiger partial charge in [-0.05, 0) is 65.1 Å². The van der Waals surface area contributed by atoms with E-state index in [1.807, 2.05) is 0 Å². The summed E-state index contributed by atoms with van der Waals surface area (Å²) >= 11 is 0. The number of amides is 1. The second-order valence-corrected chi connectivity index (χ2v) is 8.40. The molecule has 0 spiro atoms. The van der Waals surface area contributed by atoms with Crippen LogP contribution >= 0.6 is 0 Å². The molecule has 0 saturated carbocycles. The van der Waals surface area contributed by atoms with Crippen molar-refractivity contribution in [2.75, 3.05) is 10.6 Å². The lowest BCUT2D eigenvalue weighted by molar-refractivity contribution is -0.274. The van der Waals surface area contributed by atoms with E-state index in [-0.39, 0.29) is 17.1 Å². The molecule has 0 saturated heterocycles. The van der Waals surface area contributed by atoms with E-state index in [0.29, 0.717) is 17.8 Å². The summed E-state index contributed by atoms with van der Waals surface area (Å²) in [5, 5.41) is 5.97. The summed E-state index contributed by atoms with van der Waals surface area (Å²) in [7, 11) is 0. The number of rotatable bonds is 6. The number of hydrogen-bond acceptors (Lipinski definition) is 3. The SMILES string of the molecule is CC(C)(C)c1ccc(CNc2ccc(C(=O)Nc3ccc(OC(F)(F)F)cc3)cc2)cc1. The molecule has 32 heavy (non-hydrogen) atoms. The molecule has 4 nitrogen and oxygen atoms in total. The summed E-state index contributed by atoms with van der Waals surface area (Å²) in [5.41, 5.74) is 4.21. The number of carbonyl (C=O) groups is 1. The summed E-state index contributed by atoms with van der Waals surface area (Å²) in [4.78, 5) is 12.4. The highest BCUT2D eigenvalue weighted by Crippen LogP contribution is 2.25. The Morgan fingerprint density at radius 1 is 0.812 bits per heavy atom. The average molecular weight is 442 g/mol. The van der Waals surface area contributed by atoms with Crippen molar-refractivity contribution in [2.24, 2.45) is 0 Å². The second-order valence-electron chi connectivity index (χ2n) is 8.40. The number of anilines is 2. The van der Waals surface area contributed by atoms with Gasteiger partial charge in [-0.1, -0.05) is 45.0 Å². The third kappa shape index (κ3) is 6.77. The monoisotopic (exact) mass is 442 g/mol. The summed E-state index contributed by atoms with van der Waals surface area (Å²) in [5.74, 6) is -0.710. The van der Waals surface area contributed by atoms with Crippen LogP contribution in [0.1, 0.15) is 42.3 Å². The van der Waals surface area contributed by atoms with E-state index < -0.39 is 6.36 Å². The third-order valence-corrected chi connectivity index (χ3v) is 4.81. The highest BCUT2D eigenvalue weighted by Gasteiger charge is 2.31. The van der Waals surface area contributed by atoms with Gasteiger partial charge in [-0.2, -0.15) is 0 Å². The van der Waals surface area contributed by atoms with E-state index in [9.17, 15) is 18.0 Å². The minimum atomic E-state index is -4.75. The molecule has 0 aliphatic rings. The van der Waals surface area contributed by atoms with Gasteiger partial charge in [0.25, 0.3) is 5.91 Å². The molecule has 168 valence electrons. The zero-order valence-corrected chi connectivity index (χ0v) is 18.1. The van der Waals surface area contributed by atoms with Gasteiger partial charge in [-0.25, -0.2) is 0 Å². The van der Waals surface area contributed by atoms with Crippen LogP contribution < -0.4 is 15.4 Å². The fourth-order valence-corrected chi connectivity index (χ4v) is 3.01. The summed E-state index contributed by atoms with van der Waals surface area (Å²) < 4.78 is 40.5. The molecule has 3 rings (SSSR count). The molecule has 3 aromatic carbocycles. The Morgan fingerprint density at radius 2 is 1.38 bits per heavy atom. The maximum atomic E-state index is 12.4. The minimum absolute atomic E-state index is 0.112. The lowest BCUT2D eigenvalue weighted by atomic mass is 9.87. The van der Waals surface area contributed by atoms with Crippen molar-refractivity contribution in [1.29, 1.82) is 0 Å². The molecule has 0 aliphatic carbocycles. The highest BCUT2D eigenvalue weighted by molar-refractivity contribution is 6.04. The van der Waals surface area contributed by atoms with Crippen LogP contribution in [0, 0.1) is 0 Å². The molecule has 0 radical (unpaired) electrons. The minimum Gasteiger partial charge on any atom is -0.406 e. The number of hydrogen-bond donors (Lipinski definition) is 2. The summed E-state index contributed by atoms with van der Waals surface area (Å²) in [6.07, 6.45) is -4.75. The lowest BCUT2D eigenvalue weighted by Crippen LogP contribution is -2.17. The van der Waals surface area contributed by atoms with Crippen LogP contribution in [0.25, 0.3) is 0 Å². The van der Waals surface area contributed by atoms with E-state index in [1.165, 1.54) is 17.7 Å². The van der Waals surface area contributed by atoms with E-state index in [0.717, 1.165) is 23.4 Å². The Morgan fingerprint density at radius 3 is 1.91 bits per heavy atom. The van der Waals surface area contributed by atoms with Gasteiger partial charge in [0.05, 0.1) is 0 Å². The van der Waals surface area contributed by atoms with Gasteiger partial charge in [-0.3, -0.25) is 4.79 Å². The van der Waals surface area contributed by atoms with Gasteiger partial charge in [-0.15, -0.1) is 13.2 Å². The van der Waals surface area contributed by atoms with E-state index in [4.69, 9.17) is 0 Å². The molecule has 3 aromatic rings. The normalized spacial score (nSPS) is 11.7. The number of carbonyl (C=O) groups excluding carboxylic acids is 1. The molecule has 7 heteroatoms. The zero-order valence-electron chi connectivity index (χ0n) is 18.1. The first-order valence-corrected chi connectivity index (χ1v) is 10.1. The van der Waals surface area contributed by atoms with Crippen LogP contribution in [0.3, 0.4) is 0 Å². The lowest BCUT2D eigenvalue weighted by Gasteiger charge is -2.19. The first kappa shape index (κ1) is 23.2. The predicted octanol–water partition coefficient (Wildman–Crippen LogP) is 6.75. The molecule has 0 aliphatic heterocycles. The van der Waals surface area contributed by atoms with Crippen molar-refractivity contribution < 1.29 is 22.7 Å². The summed E-state index contributed by atoms with van der Waals surface area (Å²) in [6.45, 7) is 7.18. The fraction of sp³-hybridized carbons (Fsp3) is 0.240. The zero-order chi connectivity index (χ0) is 23.4. The third-order valence-electron chi connectivity index (χ3n) is 4.81. The first-order valence-electron chi connectivity index (χ1n) is 10.1. The van der Waals surface area contributed by atoms with Crippen molar-refractivity contribution in [2.45, 2.75) is 39.1 Å². The molecule has 0 atom stereocenters. The van der Waals surface area contributed by atoms with Crippen molar-refractivity contribution in [3.05, 3.63) is 89.5 Å². The van der Waals surface area contributed by atoms with Crippen LogP contribution in [0.4, 0.5) is 24.5 Å². The number of benzene rings is 3. The van der Waals surface area contributed by atoms with Crippen LogP contribution in [0.2, 0.25) is 0 Å². The molecule has 0 fully saturated rings. The van der Waals surface area contributed by atoms with Gasteiger partial charge >= 0.3 is 6.36 Å². The van der Waals surface area contributed by atoms with Crippen LogP contribution in [0.5, 0.6) is 5.75 Å². The van der Waals surface area contributed by atoms with Crippen molar-refractivity contribution in [1.82, 2.24) is 0 Å². The Bertz CT molecular complexity index is 1040. The van der Waals surface area contributed by atoms with Gasteiger partial charge in [0.2, 0.25) is 0 Å². The van der Waals surface area contributed by atoms with Gasteiger partial charge in [0, 0.05) is 23.5 Å². The Balaban J connectivity index is 1.54. The number of halogens is 3. The number of ether oxygens (including phenoxy) is 1. The Labute approximate surface area is 185 Å². The summed E-state index contributed by atoms with van der Waals surface area (Å²) in [6, 6.07) is 20.4. The molecular weight excluding hydrogens is 417 g/mol. The molecule has 0 heterocycles. The van der Waals surface area contributed by atoms with E-state index in [2.05, 4.69) is 60.4 Å². The van der Waals surface area contributed by atoms with Gasteiger partial charge < -0.3 is 15.4 Å². The maximum absolute atomic E-state index is 12.4. The average Bonchev–Trinajstić information content (AvgIpc) is 2.72. The van der Waals surface area contributed by atoms with E-state index in [1.54, 1.807) is 24.3 Å². The molecular formula is C25H25F3N2O2. The molecule has 2 N–H and O–H groups in total. The highest BCUT2D eigenvalue weighted by atomic mass is 19.4. The number of nitrogens with one attached hydrogen (secondary N) is 2. The number of alkyl halides is 3. The van der Waals surface area contributed by atoms with Gasteiger partial charge in [0.15, 0.2) is 0 Å². The second kappa shape index (κ2) is 9.34. The fourth-order valence-electron chi connectivity index (χ4n) is 3.01. The van der Waals surface area contributed by atoms with Crippen molar-refractivity contribution in [3.63, 3.8) is 0 Å². The van der Waals surface area contributed by atoms with Crippen LogP contribution in [0.15, 0.2) is 72.8 Å². The predicted molar refractivity (Wildman–Crippen MR) is 120 cm³/mol.